The van der Waals surface area contributed by atoms with Crippen molar-refractivity contribution in [1.29, 1.82) is 0 Å². The van der Waals surface area contributed by atoms with Crippen LogP contribution in [0.25, 0.3) is 0 Å². The Kier molecular flexibility index (Phi) is 4.84. The minimum atomic E-state index is -0.755. The van der Waals surface area contributed by atoms with Gasteiger partial charge in [0.25, 0.3) is 11.8 Å². The fourth-order valence-electron chi connectivity index (χ4n) is 2.24. The highest BCUT2D eigenvalue weighted by Gasteiger charge is 2.40. The summed E-state index contributed by atoms with van der Waals surface area (Å²) in [5, 5.41) is 12.3. The number of aromatic hydroxyl groups is 1. The Morgan fingerprint density at radius 3 is 2.24 bits per heavy atom. The van der Waals surface area contributed by atoms with Crippen molar-refractivity contribution in [2.24, 2.45) is 0 Å². The second kappa shape index (κ2) is 6.77. The number of carbonyl (C=O) groups excluding carboxylic acids is 2. The maximum absolute atomic E-state index is 12.7. The average Bonchev–Trinajstić information content (AvgIpc) is 2.75. The van der Waals surface area contributed by atoms with E-state index >= 15 is 0 Å². The smallest absolute Gasteiger partial charge is 0.283 e. The van der Waals surface area contributed by atoms with Gasteiger partial charge in [-0.2, -0.15) is 0 Å². The fourth-order valence-corrected chi connectivity index (χ4v) is 3.08. The first kappa shape index (κ1) is 17.9. The van der Waals surface area contributed by atoms with E-state index in [0.29, 0.717) is 5.69 Å². The van der Waals surface area contributed by atoms with Crippen molar-refractivity contribution in [2.45, 2.75) is 0 Å². The maximum Gasteiger partial charge on any atom is 0.283 e. The quantitative estimate of drug-likeness (QED) is 0.556. The molecule has 0 saturated carbocycles. The van der Waals surface area contributed by atoms with Gasteiger partial charge in [-0.1, -0.05) is 52.5 Å². The zero-order chi connectivity index (χ0) is 18.3. The van der Waals surface area contributed by atoms with E-state index < -0.39 is 11.8 Å². The van der Waals surface area contributed by atoms with E-state index in [1.54, 1.807) is 12.1 Å². The van der Waals surface area contributed by atoms with Gasteiger partial charge < -0.3 is 10.4 Å². The number of benzene rings is 2. The highest BCUT2D eigenvalue weighted by Crippen LogP contribution is 2.38. The molecule has 2 aromatic rings. The van der Waals surface area contributed by atoms with Gasteiger partial charge in [-0.05, 0) is 24.3 Å². The van der Waals surface area contributed by atoms with Crippen LogP contribution in [0.3, 0.4) is 0 Å². The Hall–Kier alpha value is -1.92. The van der Waals surface area contributed by atoms with Gasteiger partial charge in [-0.15, -0.1) is 0 Å². The molecule has 0 spiro atoms. The molecule has 0 saturated heterocycles. The van der Waals surface area contributed by atoms with Crippen LogP contribution < -0.4 is 10.2 Å². The van der Waals surface area contributed by atoms with Crippen molar-refractivity contribution in [1.82, 2.24) is 0 Å². The number of phenolic OH excluding ortho intramolecular Hbond substituents is 1. The number of imide groups is 1. The first-order valence-electron chi connectivity index (χ1n) is 6.78. The normalized spacial score (nSPS) is 14.5. The first-order valence-corrected chi connectivity index (χ1v) is 8.30. The van der Waals surface area contributed by atoms with Crippen LogP contribution in [-0.4, -0.2) is 16.9 Å². The standard InChI is InChI=1S/C16H8Cl4N2O3/c17-9-5-11(19)12(6-10(9)18)22-15(24)13(20)14(16(22)25)21-7-2-1-3-8(23)4-7/h1-6,21,23H. The molecular weight excluding hydrogens is 410 g/mol. The van der Waals surface area contributed by atoms with E-state index in [4.69, 9.17) is 46.4 Å². The summed E-state index contributed by atoms with van der Waals surface area (Å²) in [6.07, 6.45) is 0. The van der Waals surface area contributed by atoms with Gasteiger partial charge in [0.15, 0.2) is 0 Å². The summed E-state index contributed by atoms with van der Waals surface area (Å²) in [4.78, 5) is 25.9. The molecule has 128 valence electrons. The third-order valence-electron chi connectivity index (χ3n) is 3.37. The van der Waals surface area contributed by atoms with Gasteiger partial charge in [-0.3, -0.25) is 9.59 Å². The Morgan fingerprint density at radius 2 is 1.56 bits per heavy atom. The predicted molar refractivity (Wildman–Crippen MR) is 98.6 cm³/mol. The number of hydrogen-bond donors (Lipinski definition) is 2. The third-order valence-corrected chi connectivity index (χ3v) is 4.75. The molecule has 0 aromatic heterocycles. The summed E-state index contributed by atoms with van der Waals surface area (Å²) in [7, 11) is 0. The Bertz CT molecular complexity index is 943. The third kappa shape index (κ3) is 3.28. The van der Waals surface area contributed by atoms with Crippen LogP contribution in [0.5, 0.6) is 5.75 Å². The van der Waals surface area contributed by atoms with E-state index in [9.17, 15) is 14.7 Å². The first-order chi connectivity index (χ1) is 11.8. The minimum absolute atomic E-state index is 0.0112. The summed E-state index contributed by atoms with van der Waals surface area (Å²) in [6.45, 7) is 0. The van der Waals surface area contributed by atoms with Crippen LogP contribution in [0.2, 0.25) is 15.1 Å². The second-order valence-corrected chi connectivity index (χ2v) is 6.63. The molecule has 25 heavy (non-hydrogen) atoms. The van der Waals surface area contributed by atoms with Crippen molar-refractivity contribution in [3.63, 3.8) is 0 Å². The molecule has 0 unspecified atom stereocenters. The molecule has 3 rings (SSSR count). The summed E-state index contributed by atoms with van der Waals surface area (Å²) in [6, 6.07) is 8.65. The number of phenols is 1. The summed E-state index contributed by atoms with van der Waals surface area (Å²) >= 11 is 23.9. The number of nitrogens with zero attached hydrogens (tertiary/aromatic N) is 1. The van der Waals surface area contributed by atoms with Crippen LogP contribution in [-0.2, 0) is 9.59 Å². The lowest BCUT2D eigenvalue weighted by molar-refractivity contribution is -0.120. The topological polar surface area (TPSA) is 69.6 Å². The highest BCUT2D eigenvalue weighted by atomic mass is 35.5. The van der Waals surface area contributed by atoms with Gasteiger partial charge in [0.1, 0.15) is 16.5 Å². The van der Waals surface area contributed by atoms with E-state index in [0.717, 1.165) is 4.90 Å². The molecule has 1 aliphatic heterocycles. The van der Waals surface area contributed by atoms with Gasteiger partial charge in [0.2, 0.25) is 0 Å². The number of amides is 2. The summed E-state index contributed by atoms with van der Waals surface area (Å²) < 4.78 is 0. The lowest BCUT2D eigenvalue weighted by atomic mass is 10.2. The summed E-state index contributed by atoms with van der Waals surface area (Å²) in [5.74, 6) is -1.48. The molecule has 0 atom stereocenters. The van der Waals surface area contributed by atoms with E-state index in [2.05, 4.69) is 5.32 Å². The minimum Gasteiger partial charge on any atom is -0.508 e. The largest absolute Gasteiger partial charge is 0.508 e. The predicted octanol–water partition coefficient (Wildman–Crippen LogP) is 4.79. The molecule has 2 amide bonds. The molecule has 1 aliphatic rings. The van der Waals surface area contributed by atoms with Crippen molar-refractivity contribution in [3.05, 3.63) is 62.2 Å². The molecule has 5 nitrogen and oxygen atoms in total. The van der Waals surface area contributed by atoms with Crippen LogP contribution in [0.1, 0.15) is 0 Å². The Balaban J connectivity index is 1.98. The highest BCUT2D eigenvalue weighted by molar-refractivity contribution is 6.54. The monoisotopic (exact) mass is 416 g/mol. The molecule has 2 N–H and O–H groups in total. The molecular formula is C16H8Cl4N2O3. The van der Waals surface area contributed by atoms with Crippen LogP contribution in [0.4, 0.5) is 11.4 Å². The second-order valence-electron chi connectivity index (χ2n) is 5.03. The number of nitrogens with one attached hydrogen (secondary N) is 1. The van der Waals surface area contributed by atoms with Crippen LogP contribution in [0, 0.1) is 0 Å². The van der Waals surface area contributed by atoms with Crippen molar-refractivity contribution < 1.29 is 14.7 Å². The number of hydrogen-bond acceptors (Lipinski definition) is 4. The van der Waals surface area contributed by atoms with Gasteiger partial charge in [0.05, 0.1) is 20.8 Å². The number of rotatable bonds is 3. The number of halogens is 4. The van der Waals surface area contributed by atoms with E-state index in [1.807, 2.05) is 0 Å². The Labute approximate surface area is 162 Å². The van der Waals surface area contributed by atoms with Gasteiger partial charge in [0, 0.05) is 11.8 Å². The molecule has 2 aromatic carbocycles. The number of carbonyl (C=O) groups is 2. The number of anilines is 2. The van der Waals surface area contributed by atoms with Crippen LogP contribution in [0.15, 0.2) is 47.1 Å². The Morgan fingerprint density at radius 1 is 0.880 bits per heavy atom. The molecule has 1 heterocycles. The van der Waals surface area contributed by atoms with E-state index in [1.165, 1.54) is 24.3 Å². The SMILES string of the molecule is O=C1C(Cl)=C(Nc2cccc(O)c2)C(=O)N1c1cc(Cl)c(Cl)cc1Cl. The molecule has 0 bridgehead atoms. The molecule has 0 fully saturated rings. The lowest BCUT2D eigenvalue weighted by Crippen LogP contribution is -2.32. The maximum atomic E-state index is 12.7. The van der Waals surface area contributed by atoms with E-state index in [-0.39, 0.29) is 37.2 Å². The van der Waals surface area contributed by atoms with Crippen molar-refractivity contribution in [2.75, 3.05) is 10.2 Å². The average molecular weight is 418 g/mol. The van der Waals surface area contributed by atoms with Gasteiger partial charge >= 0.3 is 0 Å². The van der Waals surface area contributed by atoms with Crippen molar-refractivity contribution >= 4 is 69.6 Å². The molecule has 9 heteroatoms. The fraction of sp³-hybridized carbons (Fsp3) is 0. The zero-order valence-corrected chi connectivity index (χ0v) is 15.2. The van der Waals surface area contributed by atoms with Crippen molar-refractivity contribution in [3.8, 4) is 5.75 Å². The lowest BCUT2D eigenvalue weighted by Gasteiger charge is -2.17. The molecule has 0 aliphatic carbocycles. The zero-order valence-electron chi connectivity index (χ0n) is 12.2. The van der Waals surface area contributed by atoms with Gasteiger partial charge in [-0.25, -0.2) is 4.90 Å². The van der Waals surface area contributed by atoms with Crippen LogP contribution >= 0.6 is 46.4 Å². The molecule has 0 radical (unpaired) electrons. The summed E-state index contributed by atoms with van der Waals surface area (Å²) in [5.41, 5.74) is 0.313.